The van der Waals surface area contributed by atoms with Crippen molar-refractivity contribution >= 4 is 35.2 Å². The first kappa shape index (κ1) is 20.7. The Morgan fingerprint density at radius 3 is 2.33 bits per heavy atom. The molecule has 6 nitrogen and oxygen atoms in total. The Balaban J connectivity index is 1.30. The zero-order valence-corrected chi connectivity index (χ0v) is 18.1. The number of benzene rings is 1. The molecule has 1 amide bonds. The fourth-order valence-electron chi connectivity index (χ4n) is 4.08. The fraction of sp³-hybridized carbons (Fsp3) is 0.435. The summed E-state index contributed by atoms with van der Waals surface area (Å²) in [5, 5.41) is 9.65. The van der Waals surface area contributed by atoms with Gasteiger partial charge >= 0.3 is 0 Å². The molecule has 3 heterocycles. The van der Waals surface area contributed by atoms with Gasteiger partial charge in [0.2, 0.25) is 5.91 Å². The number of piperidine rings is 1. The first-order valence-electron chi connectivity index (χ1n) is 10.7. The molecule has 2 aliphatic heterocycles. The highest BCUT2D eigenvalue weighted by Gasteiger charge is 2.23. The predicted molar refractivity (Wildman–Crippen MR) is 122 cm³/mol. The van der Waals surface area contributed by atoms with Crippen molar-refractivity contribution < 1.29 is 4.79 Å². The van der Waals surface area contributed by atoms with Crippen LogP contribution in [0.2, 0.25) is 5.02 Å². The van der Waals surface area contributed by atoms with Crippen molar-refractivity contribution in [2.45, 2.75) is 32.2 Å². The molecule has 2 aliphatic rings. The summed E-state index contributed by atoms with van der Waals surface area (Å²) in [7, 11) is 0. The standard InChI is InChI=1S/C23H28ClN5O/c1-18-4-2-3-13-29(18)22-11-10-21(25-26-22)27-14-16-28(17-15-27)23(30)12-7-19-5-8-20(24)9-6-19/h5-12,18H,2-4,13-17H2,1H3/b12-7+. The third-order valence-corrected chi connectivity index (χ3v) is 6.19. The third kappa shape index (κ3) is 4.93. The van der Waals surface area contributed by atoms with Crippen LogP contribution < -0.4 is 9.80 Å². The number of amides is 1. The van der Waals surface area contributed by atoms with Crippen molar-refractivity contribution in [3.05, 3.63) is 53.1 Å². The highest BCUT2D eigenvalue weighted by molar-refractivity contribution is 6.30. The molecule has 0 N–H and O–H groups in total. The number of carbonyl (C=O) groups excluding carboxylic acids is 1. The van der Waals surface area contributed by atoms with Crippen molar-refractivity contribution in [2.75, 3.05) is 42.5 Å². The molecule has 158 valence electrons. The maximum Gasteiger partial charge on any atom is 0.246 e. The van der Waals surface area contributed by atoms with Gasteiger partial charge in [-0.15, -0.1) is 10.2 Å². The SMILES string of the molecule is CC1CCCCN1c1ccc(N2CCN(C(=O)/C=C/c3ccc(Cl)cc3)CC2)nn1. The van der Waals surface area contributed by atoms with Gasteiger partial charge in [-0.05, 0) is 62.1 Å². The number of piperazine rings is 1. The second-order valence-corrected chi connectivity index (χ2v) is 8.42. The van der Waals surface area contributed by atoms with Gasteiger partial charge in [0, 0.05) is 49.9 Å². The second-order valence-electron chi connectivity index (χ2n) is 7.99. The summed E-state index contributed by atoms with van der Waals surface area (Å²) in [4.78, 5) is 18.9. The Hall–Kier alpha value is -2.60. The van der Waals surface area contributed by atoms with Crippen LogP contribution in [0.4, 0.5) is 11.6 Å². The number of carbonyl (C=O) groups is 1. The fourth-order valence-corrected chi connectivity index (χ4v) is 4.21. The molecule has 4 rings (SSSR count). The van der Waals surface area contributed by atoms with E-state index in [1.807, 2.05) is 35.2 Å². The van der Waals surface area contributed by atoms with Crippen LogP contribution in [0.25, 0.3) is 6.08 Å². The maximum absolute atomic E-state index is 12.5. The summed E-state index contributed by atoms with van der Waals surface area (Å²) in [6.07, 6.45) is 7.19. The van der Waals surface area contributed by atoms with Crippen molar-refractivity contribution in [1.29, 1.82) is 0 Å². The van der Waals surface area contributed by atoms with E-state index in [2.05, 4.69) is 39.1 Å². The minimum atomic E-state index is 0.0325. The third-order valence-electron chi connectivity index (χ3n) is 5.94. The van der Waals surface area contributed by atoms with E-state index in [0.29, 0.717) is 24.2 Å². The number of halogens is 1. The van der Waals surface area contributed by atoms with Gasteiger partial charge in [-0.25, -0.2) is 0 Å². The monoisotopic (exact) mass is 425 g/mol. The molecule has 1 aromatic carbocycles. The Kier molecular flexibility index (Phi) is 6.53. The lowest BCUT2D eigenvalue weighted by molar-refractivity contribution is -0.126. The van der Waals surface area contributed by atoms with Gasteiger partial charge < -0.3 is 14.7 Å². The van der Waals surface area contributed by atoms with Crippen LogP contribution in [-0.4, -0.2) is 59.8 Å². The predicted octanol–water partition coefficient (Wildman–Crippen LogP) is 3.87. The quantitative estimate of drug-likeness (QED) is 0.696. The van der Waals surface area contributed by atoms with Gasteiger partial charge in [0.25, 0.3) is 0 Å². The van der Waals surface area contributed by atoms with E-state index < -0.39 is 0 Å². The average Bonchev–Trinajstić information content (AvgIpc) is 2.79. The number of hydrogen-bond donors (Lipinski definition) is 0. The molecule has 2 aromatic rings. The van der Waals surface area contributed by atoms with E-state index in [4.69, 9.17) is 11.6 Å². The molecule has 30 heavy (non-hydrogen) atoms. The molecule has 2 fully saturated rings. The normalized spacial score (nSPS) is 20.1. The zero-order chi connectivity index (χ0) is 20.9. The molecule has 0 saturated carbocycles. The van der Waals surface area contributed by atoms with Crippen LogP contribution in [0.3, 0.4) is 0 Å². The van der Waals surface area contributed by atoms with E-state index >= 15 is 0 Å². The second kappa shape index (κ2) is 9.47. The van der Waals surface area contributed by atoms with E-state index in [1.54, 1.807) is 6.08 Å². The molecule has 0 aliphatic carbocycles. The summed E-state index contributed by atoms with van der Waals surface area (Å²) in [5.41, 5.74) is 0.963. The van der Waals surface area contributed by atoms with E-state index in [-0.39, 0.29) is 5.91 Å². The van der Waals surface area contributed by atoms with Gasteiger partial charge in [-0.2, -0.15) is 0 Å². The molecule has 0 radical (unpaired) electrons. The molecular formula is C23H28ClN5O. The largest absolute Gasteiger partial charge is 0.352 e. The number of rotatable bonds is 4. The minimum Gasteiger partial charge on any atom is -0.352 e. The van der Waals surface area contributed by atoms with Gasteiger partial charge in [0.1, 0.15) is 0 Å². The number of nitrogens with zero attached hydrogens (tertiary/aromatic N) is 5. The molecule has 0 bridgehead atoms. The van der Waals surface area contributed by atoms with Gasteiger partial charge in [0.15, 0.2) is 11.6 Å². The Labute approximate surface area is 183 Å². The number of aromatic nitrogens is 2. The summed E-state index contributed by atoms with van der Waals surface area (Å²) in [6.45, 7) is 6.18. The van der Waals surface area contributed by atoms with Crippen LogP contribution in [0.1, 0.15) is 31.7 Å². The smallest absolute Gasteiger partial charge is 0.246 e. The molecule has 0 spiro atoms. The number of anilines is 2. The van der Waals surface area contributed by atoms with Crippen molar-refractivity contribution in [1.82, 2.24) is 15.1 Å². The summed E-state index contributed by atoms with van der Waals surface area (Å²) in [5.74, 6) is 1.88. The van der Waals surface area contributed by atoms with Crippen LogP contribution in [-0.2, 0) is 4.79 Å². The molecule has 7 heteroatoms. The molecular weight excluding hydrogens is 398 g/mol. The zero-order valence-electron chi connectivity index (χ0n) is 17.4. The molecule has 1 unspecified atom stereocenters. The van der Waals surface area contributed by atoms with E-state index in [9.17, 15) is 4.79 Å². The van der Waals surface area contributed by atoms with Gasteiger partial charge in [-0.1, -0.05) is 23.7 Å². The minimum absolute atomic E-state index is 0.0325. The van der Waals surface area contributed by atoms with Crippen molar-refractivity contribution in [3.63, 3.8) is 0 Å². The topological polar surface area (TPSA) is 52.6 Å². The highest BCUT2D eigenvalue weighted by Crippen LogP contribution is 2.23. The lowest BCUT2D eigenvalue weighted by atomic mass is 10.0. The lowest BCUT2D eigenvalue weighted by Gasteiger charge is -2.36. The lowest BCUT2D eigenvalue weighted by Crippen LogP contribution is -2.48. The average molecular weight is 426 g/mol. The molecule has 1 aromatic heterocycles. The Morgan fingerprint density at radius 2 is 1.67 bits per heavy atom. The van der Waals surface area contributed by atoms with Gasteiger partial charge in [-0.3, -0.25) is 4.79 Å². The van der Waals surface area contributed by atoms with E-state index in [1.165, 1.54) is 19.3 Å². The Morgan fingerprint density at radius 1 is 0.967 bits per heavy atom. The summed E-state index contributed by atoms with van der Waals surface area (Å²) in [6, 6.07) is 12.1. The van der Waals surface area contributed by atoms with Crippen LogP contribution >= 0.6 is 11.6 Å². The van der Waals surface area contributed by atoms with Crippen LogP contribution in [0.15, 0.2) is 42.5 Å². The summed E-state index contributed by atoms with van der Waals surface area (Å²) < 4.78 is 0. The van der Waals surface area contributed by atoms with E-state index in [0.717, 1.165) is 36.8 Å². The summed E-state index contributed by atoms with van der Waals surface area (Å²) >= 11 is 5.90. The van der Waals surface area contributed by atoms with Gasteiger partial charge in [0.05, 0.1) is 0 Å². The van der Waals surface area contributed by atoms with Crippen LogP contribution in [0.5, 0.6) is 0 Å². The first-order valence-corrected chi connectivity index (χ1v) is 11.1. The van der Waals surface area contributed by atoms with Crippen LogP contribution in [0, 0.1) is 0 Å². The highest BCUT2D eigenvalue weighted by atomic mass is 35.5. The van der Waals surface area contributed by atoms with Crippen molar-refractivity contribution in [2.24, 2.45) is 0 Å². The molecule has 2 saturated heterocycles. The first-order chi connectivity index (χ1) is 14.6. The molecule has 1 atom stereocenters. The Bertz CT molecular complexity index is 875. The maximum atomic E-state index is 12.5. The number of hydrogen-bond acceptors (Lipinski definition) is 5. The van der Waals surface area contributed by atoms with Crippen molar-refractivity contribution in [3.8, 4) is 0 Å².